The van der Waals surface area contributed by atoms with E-state index in [2.05, 4.69) is 15.9 Å². The molecule has 0 amide bonds. The second-order valence-corrected chi connectivity index (χ2v) is 5.58. The second kappa shape index (κ2) is 5.67. The van der Waals surface area contributed by atoms with Crippen LogP contribution in [-0.2, 0) is 6.61 Å². The van der Waals surface area contributed by atoms with Gasteiger partial charge in [-0.15, -0.1) is 0 Å². The minimum atomic E-state index is -0.325. The minimum Gasteiger partial charge on any atom is -0.392 e. The van der Waals surface area contributed by atoms with Crippen molar-refractivity contribution in [2.24, 2.45) is 0 Å². The maximum Gasteiger partial charge on any atom is 0.124 e. The van der Waals surface area contributed by atoms with E-state index in [1.807, 2.05) is 24.3 Å². The van der Waals surface area contributed by atoms with Crippen LogP contribution < -0.4 is 0 Å². The molecule has 0 unspecified atom stereocenters. The number of aliphatic hydroxyl groups excluding tert-OH is 1. The molecule has 1 N–H and O–H groups in total. The summed E-state index contributed by atoms with van der Waals surface area (Å²) in [6, 6.07) is 12.4. The SMILES string of the molecule is OCc1cc(F)cc(Sc2cccc(Br)c2)c1. The molecule has 0 saturated heterocycles. The van der Waals surface area contributed by atoms with Gasteiger partial charge < -0.3 is 5.11 Å². The van der Waals surface area contributed by atoms with Crippen molar-refractivity contribution in [1.29, 1.82) is 0 Å². The third kappa shape index (κ3) is 3.56. The highest BCUT2D eigenvalue weighted by Crippen LogP contribution is 2.30. The molecule has 0 fully saturated rings. The van der Waals surface area contributed by atoms with Crippen molar-refractivity contribution >= 4 is 27.7 Å². The molecule has 0 aliphatic rings. The van der Waals surface area contributed by atoms with Crippen LogP contribution in [0.1, 0.15) is 5.56 Å². The number of benzene rings is 2. The number of aliphatic hydroxyl groups is 1. The summed E-state index contributed by atoms with van der Waals surface area (Å²) in [4.78, 5) is 1.81. The lowest BCUT2D eigenvalue weighted by Crippen LogP contribution is -1.86. The molecule has 0 aliphatic heterocycles. The maximum atomic E-state index is 13.3. The Labute approximate surface area is 112 Å². The standard InChI is InChI=1S/C13H10BrFOS/c14-10-2-1-3-12(6-10)17-13-5-9(8-16)4-11(15)7-13/h1-7,16H,8H2. The van der Waals surface area contributed by atoms with E-state index < -0.39 is 0 Å². The average molecular weight is 313 g/mol. The van der Waals surface area contributed by atoms with Gasteiger partial charge in [-0.1, -0.05) is 33.8 Å². The molecule has 2 aromatic rings. The number of hydrogen-bond donors (Lipinski definition) is 1. The van der Waals surface area contributed by atoms with Gasteiger partial charge in [0, 0.05) is 14.3 Å². The Kier molecular flexibility index (Phi) is 4.20. The third-order valence-corrected chi connectivity index (χ3v) is 3.60. The van der Waals surface area contributed by atoms with Crippen LogP contribution in [0.2, 0.25) is 0 Å². The van der Waals surface area contributed by atoms with E-state index in [0.29, 0.717) is 5.56 Å². The van der Waals surface area contributed by atoms with E-state index in [1.54, 1.807) is 6.07 Å². The average Bonchev–Trinajstić information content (AvgIpc) is 2.28. The van der Waals surface area contributed by atoms with Crippen LogP contribution in [0.5, 0.6) is 0 Å². The third-order valence-electron chi connectivity index (χ3n) is 2.15. The van der Waals surface area contributed by atoms with Gasteiger partial charge in [-0.2, -0.15) is 0 Å². The van der Waals surface area contributed by atoms with Gasteiger partial charge in [-0.3, -0.25) is 0 Å². The van der Waals surface area contributed by atoms with E-state index in [0.717, 1.165) is 14.3 Å². The summed E-state index contributed by atoms with van der Waals surface area (Å²) < 4.78 is 14.3. The van der Waals surface area contributed by atoms with Crippen molar-refractivity contribution in [3.05, 3.63) is 58.3 Å². The van der Waals surface area contributed by atoms with Crippen LogP contribution in [0.15, 0.2) is 56.7 Å². The summed E-state index contributed by atoms with van der Waals surface area (Å²) in [7, 11) is 0. The molecule has 2 aromatic carbocycles. The van der Waals surface area contributed by atoms with Gasteiger partial charge in [0.25, 0.3) is 0 Å². The molecule has 4 heteroatoms. The Morgan fingerprint density at radius 3 is 2.65 bits per heavy atom. The van der Waals surface area contributed by atoms with Crippen LogP contribution in [0.25, 0.3) is 0 Å². The molecular weight excluding hydrogens is 303 g/mol. The predicted molar refractivity (Wildman–Crippen MR) is 70.6 cm³/mol. The highest BCUT2D eigenvalue weighted by molar-refractivity contribution is 9.10. The maximum absolute atomic E-state index is 13.3. The van der Waals surface area contributed by atoms with E-state index in [-0.39, 0.29) is 12.4 Å². The first kappa shape index (κ1) is 12.6. The highest BCUT2D eigenvalue weighted by Gasteiger charge is 2.03. The van der Waals surface area contributed by atoms with Crippen LogP contribution in [0, 0.1) is 5.82 Å². The van der Waals surface area contributed by atoms with E-state index in [4.69, 9.17) is 5.11 Å². The van der Waals surface area contributed by atoms with Crippen molar-refractivity contribution in [2.45, 2.75) is 16.4 Å². The topological polar surface area (TPSA) is 20.2 Å². The Morgan fingerprint density at radius 2 is 1.94 bits per heavy atom. The summed E-state index contributed by atoms with van der Waals surface area (Å²) >= 11 is 4.86. The van der Waals surface area contributed by atoms with Gasteiger partial charge in [-0.25, -0.2) is 4.39 Å². The molecule has 0 heterocycles. The lowest BCUT2D eigenvalue weighted by Gasteiger charge is -2.04. The van der Waals surface area contributed by atoms with Gasteiger partial charge in [-0.05, 0) is 42.0 Å². The van der Waals surface area contributed by atoms with Crippen molar-refractivity contribution in [2.75, 3.05) is 0 Å². The van der Waals surface area contributed by atoms with E-state index in [1.165, 1.54) is 23.9 Å². The van der Waals surface area contributed by atoms with Crippen molar-refractivity contribution in [1.82, 2.24) is 0 Å². The van der Waals surface area contributed by atoms with Crippen LogP contribution >= 0.6 is 27.7 Å². The molecule has 0 aliphatic carbocycles. The molecule has 0 saturated carbocycles. The summed E-state index contributed by atoms with van der Waals surface area (Å²) in [5, 5.41) is 9.01. The summed E-state index contributed by atoms with van der Waals surface area (Å²) in [6.07, 6.45) is 0. The normalized spacial score (nSPS) is 10.5. The van der Waals surface area contributed by atoms with Gasteiger partial charge in [0.1, 0.15) is 5.82 Å². The quantitative estimate of drug-likeness (QED) is 0.915. The number of rotatable bonds is 3. The molecule has 0 spiro atoms. The zero-order valence-corrected chi connectivity index (χ0v) is 11.3. The zero-order valence-electron chi connectivity index (χ0n) is 8.86. The van der Waals surface area contributed by atoms with Crippen molar-refractivity contribution in [3.63, 3.8) is 0 Å². The molecule has 88 valence electrons. The van der Waals surface area contributed by atoms with Gasteiger partial charge >= 0.3 is 0 Å². The Bertz CT molecular complexity index is 531. The Hall–Kier alpha value is -0.840. The summed E-state index contributed by atoms with van der Waals surface area (Å²) in [5.74, 6) is -0.325. The minimum absolute atomic E-state index is 0.149. The fraction of sp³-hybridized carbons (Fsp3) is 0.0769. The summed E-state index contributed by atoms with van der Waals surface area (Å²) in [6.45, 7) is -0.149. The smallest absolute Gasteiger partial charge is 0.124 e. The molecular formula is C13H10BrFOS. The first-order valence-corrected chi connectivity index (χ1v) is 6.62. The fourth-order valence-electron chi connectivity index (χ4n) is 1.44. The monoisotopic (exact) mass is 312 g/mol. The van der Waals surface area contributed by atoms with E-state index in [9.17, 15) is 4.39 Å². The highest BCUT2D eigenvalue weighted by atomic mass is 79.9. The predicted octanol–water partition coefficient (Wildman–Crippen LogP) is 4.23. The van der Waals surface area contributed by atoms with Gasteiger partial charge in [0.05, 0.1) is 6.61 Å². The largest absolute Gasteiger partial charge is 0.392 e. The summed E-state index contributed by atoms with van der Waals surface area (Å²) in [5.41, 5.74) is 0.586. The Balaban J connectivity index is 2.26. The molecule has 0 aromatic heterocycles. The first-order valence-electron chi connectivity index (χ1n) is 5.01. The van der Waals surface area contributed by atoms with E-state index >= 15 is 0 Å². The molecule has 0 radical (unpaired) electrons. The van der Waals surface area contributed by atoms with Gasteiger partial charge in [0.2, 0.25) is 0 Å². The second-order valence-electron chi connectivity index (χ2n) is 3.51. The van der Waals surface area contributed by atoms with Crippen molar-refractivity contribution in [3.8, 4) is 0 Å². The molecule has 17 heavy (non-hydrogen) atoms. The lowest BCUT2D eigenvalue weighted by molar-refractivity contribution is 0.281. The zero-order chi connectivity index (χ0) is 12.3. The molecule has 0 bridgehead atoms. The fourth-order valence-corrected chi connectivity index (χ4v) is 2.97. The van der Waals surface area contributed by atoms with Crippen molar-refractivity contribution < 1.29 is 9.50 Å². The number of hydrogen-bond acceptors (Lipinski definition) is 2. The van der Waals surface area contributed by atoms with Gasteiger partial charge in [0.15, 0.2) is 0 Å². The van der Waals surface area contributed by atoms with Crippen LogP contribution in [0.4, 0.5) is 4.39 Å². The van der Waals surface area contributed by atoms with Crippen LogP contribution in [-0.4, -0.2) is 5.11 Å². The lowest BCUT2D eigenvalue weighted by atomic mass is 10.2. The van der Waals surface area contributed by atoms with Crippen LogP contribution in [0.3, 0.4) is 0 Å². The molecule has 2 rings (SSSR count). The Morgan fingerprint density at radius 1 is 1.12 bits per heavy atom. The number of halogens is 2. The molecule has 0 atom stereocenters. The first-order chi connectivity index (χ1) is 8.17. The molecule has 1 nitrogen and oxygen atoms in total.